The zero-order valence-corrected chi connectivity index (χ0v) is 16.4. The first-order valence-electron chi connectivity index (χ1n) is 7.51. The van der Waals surface area contributed by atoms with Crippen LogP contribution >= 0.6 is 39.3 Å². The molecular weight excluding hydrogens is 422 g/mol. The van der Waals surface area contributed by atoms with Crippen molar-refractivity contribution in [2.24, 2.45) is 7.05 Å². The lowest BCUT2D eigenvalue weighted by molar-refractivity contribution is 0.793. The Morgan fingerprint density at radius 1 is 1.08 bits per heavy atom. The summed E-state index contributed by atoms with van der Waals surface area (Å²) in [6.07, 6.45) is 4.03. The Hall–Kier alpha value is -1.83. The number of hydrogen-bond acceptors (Lipinski definition) is 4. The van der Waals surface area contributed by atoms with Crippen LogP contribution in [0.2, 0.25) is 5.02 Å². The Bertz CT molecular complexity index is 1040. The standard InChI is InChI=1S/C17H13BrClN5S/c1-23-16(11-2-5-13(19)6-3-11)21-22-17(23)25-10-14-9-24-8-12(18)4-7-15(24)20-14/h2-9H,10H2,1H3. The molecule has 0 fully saturated rings. The fraction of sp³-hybridized carbons (Fsp3) is 0.118. The largest absolute Gasteiger partial charge is 0.306 e. The topological polar surface area (TPSA) is 48.0 Å². The minimum Gasteiger partial charge on any atom is -0.306 e. The Labute approximate surface area is 162 Å². The van der Waals surface area contributed by atoms with Crippen LogP contribution in [0.5, 0.6) is 0 Å². The van der Waals surface area contributed by atoms with Gasteiger partial charge in [-0.2, -0.15) is 0 Å². The van der Waals surface area contributed by atoms with Gasteiger partial charge in [0.2, 0.25) is 0 Å². The quantitative estimate of drug-likeness (QED) is 0.431. The molecule has 0 atom stereocenters. The summed E-state index contributed by atoms with van der Waals surface area (Å²) in [7, 11) is 1.97. The zero-order chi connectivity index (χ0) is 17.4. The summed E-state index contributed by atoms with van der Waals surface area (Å²) < 4.78 is 5.02. The minimum absolute atomic E-state index is 0.707. The molecule has 0 aliphatic rings. The van der Waals surface area contributed by atoms with E-state index in [-0.39, 0.29) is 0 Å². The first kappa shape index (κ1) is 16.6. The number of nitrogens with zero attached hydrogens (tertiary/aromatic N) is 5. The first-order chi connectivity index (χ1) is 12.1. The highest BCUT2D eigenvalue weighted by molar-refractivity contribution is 9.10. The van der Waals surface area contributed by atoms with Gasteiger partial charge in [0.15, 0.2) is 11.0 Å². The van der Waals surface area contributed by atoms with E-state index in [1.807, 2.05) is 64.8 Å². The van der Waals surface area contributed by atoms with Gasteiger partial charge in [0.1, 0.15) is 5.65 Å². The number of hydrogen-bond donors (Lipinski definition) is 0. The molecule has 3 heterocycles. The molecule has 4 rings (SSSR count). The third kappa shape index (κ3) is 3.44. The second kappa shape index (κ2) is 6.82. The van der Waals surface area contributed by atoms with Crippen molar-refractivity contribution in [3.63, 3.8) is 0 Å². The summed E-state index contributed by atoms with van der Waals surface area (Å²) in [5.74, 6) is 1.55. The van der Waals surface area contributed by atoms with E-state index in [0.29, 0.717) is 5.02 Å². The van der Waals surface area contributed by atoms with E-state index in [9.17, 15) is 0 Å². The summed E-state index contributed by atoms with van der Waals surface area (Å²) >= 11 is 11.0. The van der Waals surface area contributed by atoms with Crippen molar-refractivity contribution in [2.75, 3.05) is 0 Å². The number of aromatic nitrogens is 5. The second-order valence-corrected chi connectivity index (χ2v) is 7.80. The maximum absolute atomic E-state index is 5.95. The van der Waals surface area contributed by atoms with Crippen molar-refractivity contribution >= 4 is 44.9 Å². The van der Waals surface area contributed by atoms with Gasteiger partial charge in [-0.15, -0.1) is 10.2 Å². The molecule has 0 amide bonds. The van der Waals surface area contributed by atoms with Crippen LogP contribution in [0.1, 0.15) is 5.69 Å². The van der Waals surface area contributed by atoms with Gasteiger partial charge >= 0.3 is 0 Å². The van der Waals surface area contributed by atoms with Crippen molar-refractivity contribution in [3.05, 3.63) is 64.0 Å². The first-order valence-corrected chi connectivity index (χ1v) is 9.67. The summed E-state index contributed by atoms with van der Waals surface area (Å²) in [5, 5.41) is 10.2. The molecule has 0 N–H and O–H groups in total. The van der Waals surface area contributed by atoms with Crippen LogP contribution in [0.15, 0.2) is 58.4 Å². The highest BCUT2D eigenvalue weighted by atomic mass is 79.9. The monoisotopic (exact) mass is 433 g/mol. The van der Waals surface area contributed by atoms with Crippen molar-refractivity contribution in [3.8, 4) is 11.4 Å². The van der Waals surface area contributed by atoms with Gasteiger partial charge in [-0.3, -0.25) is 0 Å². The van der Waals surface area contributed by atoms with Crippen molar-refractivity contribution in [2.45, 2.75) is 10.9 Å². The predicted molar refractivity (Wildman–Crippen MR) is 104 cm³/mol. The van der Waals surface area contributed by atoms with Crippen molar-refractivity contribution in [1.82, 2.24) is 24.1 Å². The zero-order valence-electron chi connectivity index (χ0n) is 13.2. The second-order valence-electron chi connectivity index (χ2n) is 5.51. The summed E-state index contributed by atoms with van der Waals surface area (Å²) in [6.45, 7) is 0. The van der Waals surface area contributed by atoms with E-state index in [1.165, 1.54) is 0 Å². The molecule has 0 bridgehead atoms. The molecule has 0 saturated heterocycles. The number of benzene rings is 1. The van der Waals surface area contributed by atoms with Crippen molar-refractivity contribution < 1.29 is 0 Å². The van der Waals surface area contributed by atoms with Crippen LogP contribution < -0.4 is 0 Å². The molecule has 0 radical (unpaired) electrons. The van der Waals surface area contributed by atoms with Gasteiger partial charge in [-0.1, -0.05) is 23.4 Å². The van der Waals surface area contributed by atoms with Gasteiger partial charge in [0.25, 0.3) is 0 Å². The van der Waals surface area contributed by atoms with E-state index in [2.05, 4.69) is 31.1 Å². The number of pyridine rings is 1. The molecule has 126 valence electrons. The lowest BCUT2D eigenvalue weighted by Crippen LogP contribution is -1.95. The fourth-order valence-corrected chi connectivity index (χ4v) is 3.79. The molecule has 0 aliphatic heterocycles. The number of imidazole rings is 1. The van der Waals surface area contributed by atoms with Crippen LogP contribution in [-0.4, -0.2) is 24.1 Å². The van der Waals surface area contributed by atoms with Crippen LogP contribution in [0.4, 0.5) is 0 Å². The van der Waals surface area contributed by atoms with E-state index < -0.39 is 0 Å². The number of thioether (sulfide) groups is 1. The highest BCUT2D eigenvalue weighted by Crippen LogP contribution is 2.26. The molecule has 25 heavy (non-hydrogen) atoms. The summed E-state index contributed by atoms with van der Waals surface area (Å²) in [4.78, 5) is 4.62. The molecule has 0 saturated carbocycles. The van der Waals surface area contributed by atoms with Crippen LogP contribution in [-0.2, 0) is 12.8 Å². The highest BCUT2D eigenvalue weighted by Gasteiger charge is 2.12. The molecule has 4 aromatic rings. The van der Waals surface area contributed by atoms with E-state index >= 15 is 0 Å². The van der Waals surface area contributed by atoms with Crippen LogP contribution in [0.3, 0.4) is 0 Å². The average molecular weight is 435 g/mol. The summed E-state index contributed by atoms with van der Waals surface area (Å²) in [6, 6.07) is 11.6. The Kier molecular flexibility index (Phi) is 4.54. The van der Waals surface area contributed by atoms with Gasteiger partial charge in [0, 0.05) is 40.3 Å². The number of halogens is 2. The normalized spacial score (nSPS) is 11.3. The SMILES string of the molecule is Cn1c(SCc2cn3cc(Br)ccc3n2)nnc1-c1ccc(Cl)cc1. The molecule has 0 aliphatic carbocycles. The number of fused-ring (bicyclic) bond motifs is 1. The lowest BCUT2D eigenvalue weighted by atomic mass is 10.2. The maximum Gasteiger partial charge on any atom is 0.191 e. The van der Waals surface area contributed by atoms with Gasteiger partial charge in [0.05, 0.1) is 5.69 Å². The number of rotatable bonds is 4. The van der Waals surface area contributed by atoms with Gasteiger partial charge < -0.3 is 8.97 Å². The van der Waals surface area contributed by atoms with E-state index in [1.54, 1.807) is 11.8 Å². The molecule has 0 unspecified atom stereocenters. The van der Waals surface area contributed by atoms with E-state index in [0.717, 1.165) is 38.1 Å². The Morgan fingerprint density at radius 3 is 2.68 bits per heavy atom. The van der Waals surface area contributed by atoms with Crippen LogP contribution in [0, 0.1) is 0 Å². The predicted octanol–water partition coefficient (Wildman–Crippen LogP) is 4.84. The van der Waals surface area contributed by atoms with Gasteiger partial charge in [-0.25, -0.2) is 4.98 Å². The van der Waals surface area contributed by atoms with Gasteiger partial charge in [-0.05, 0) is 52.3 Å². The molecule has 0 spiro atoms. The molecule has 5 nitrogen and oxygen atoms in total. The Balaban J connectivity index is 1.53. The smallest absolute Gasteiger partial charge is 0.191 e. The molecule has 1 aromatic carbocycles. The summed E-state index contributed by atoms with van der Waals surface area (Å²) in [5.41, 5.74) is 2.92. The molecule has 3 aromatic heterocycles. The lowest BCUT2D eigenvalue weighted by Gasteiger charge is -2.03. The van der Waals surface area contributed by atoms with E-state index in [4.69, 9.17) is 11.6 Å². The Morgan fingerprint density at radius 2 is 1.88 bits per heavy atom. The van der Waals surface area contributed by atoms with Crippen molar-refractivity contribution in [1.29, 1.82) is 0 Å². The third-order valence-corrected chi connectivity index (χ3v) is 5.53. The minimum atomic E-state index is 0.707. The average Bonchev–Trinajstić information content (AvgIpc) is 3.16. The third-order valence-electron chi connectivity index (χ3n) is 3.75. The molecular formula is C17H13BrClN5S. The fourth-order valence-electron chi connectivity index (χ4n) is 2.52. The molecule has 8 heteroatoms. The maximum atomic E-state index is 5.95. The van der Waals surface area contributed by atoms with Crippen LogP contribution in [0.25, 0.3) is 17.0 Å².